The smallest absolute Gasteiger partial charge is 0.342 e. The second-order valence-electron chi connectivity index (χ2n) is 6.96. The van der Waals surface area contributed by atoms with Gasteiger partial charge in [-0.25, -0.2) is 4.79 Å². The minimum Gasteiger partial charge on any atom is -0.492 e. The minimum absolute atomic E-state index is 0.299. The molecule has 2 aromatic carbocycles. The number of hydrogen-bond acceptors (Lipinski definition) is 5. The fourth-order valence-electron chi connectivity index (χ4n) is 3.22. The largest absolute Gasteiger partial charge is 0.492 e. The molecule has 0 unspecified atom stereocenters. The molecule has 3 rings (SSSR count). The predicted octanol–water partition coefficient (Wildman–Crippen LogP) is 5.05. The first-order valence-electron chi connectivity index (χ1n) is 9.97. The van der Waals surface area contributed by atoms with Gasteiger partial charge < -0.3 is 14.8 Å². The Kier molecular flexibility index (Phi) is 7.77. The lowest BCUT2D eigenvalue weighted by molar-refractivity contribution is -0.119. The van der Waals surface area contributed by atoms with E-state index in [4.69, 9.17) is 32.7 Å². The Labute approximate surface area is 196 Å². The SMILES string of the molecule is CCOc1ccccc1NC(=O)COC(=O)c1c(C)nn(Cc2c(Cl)cccc2Cl)c1C. The van der Waals surface area contributed by atoms with Gasteiger partial charge in [0, 0.05) is 15.6 Å². The van der Waals surface area contributed by atoms with Crippen LogP contribution in [-0.2, 0) is 16.1 Å². The molecule has 0 atom stereocenters. The number of carbonyl (C=O) groups is 2. The number of para-hydroxylation sites is 2. The number of nitrogens with zero attached hydrogens (tertiary/aromatic N) is 2. The predicted molar refractivity (Wildman–Crippen MR) is 124 cm³/mol. The number of rotatable bonds is 8. The fourth-order valence-corrected chi connectivity index (χ4v) is 3.74. The molecule has 9 heteroatoms. The van der Waals surface area contributed by atoms with Gasteiger partial charge in [0.2, 0.25) is 0 Å². The maximum Gasteiger partial charge on any atom is 0.342 e. The molecule has 0 aliphatic rings. The highest BCUT2D eigenvalue weighted by Gasteiger charge is 2.22. The Balaban J connectivity index is 1.68. The second-order valence-corrected chi connectivity index (χ2v) is 7.77. The van der Waals surface area contributed by atoms with Crippen LogP contribution < -0.4 is 10.1 Å². The number of ether oxygens (including phenoxy) is 2. The molecule has 7 nitrogen and oxygen atoms in total. The number of carbonyl (C=O) groups excluding carboxylic acids is 2. The highest BCUT2D eigenvalue weighted by molar-refractivity contribution is 6.36. The van der Waals surface area contributed by atoms with Crippen LogP contribution in [0.15, 0.2) is 42.5 Å². The van der Waals surface area contributed by atoms with Gasteiger partial charge in [0.15, 0.2) is 6.61 Å². The minimum atomic E-state index is -0.634. The number of aryl methyl sites for hydroxylation is 1. The molecule has 0 radical (unpaired) electrons. The van der Waals surface area contributed by atoms with Crippen LogP contribution >= 0.6 is 23.2 Å². The summed E-state index contributed by atoms with van der Waals surface area (Å²) in [5.74, 6) is -0.568. The summed E-state index contributed by atoms with van der Waals surface area (Å²) in [6.07, 6.45) is 0. The van der Waals surface area contributed by atoms with Gasteiger partial charge in [0.05, 0.1) is 30.2 Å². The van der Waals surface area contributed by atoms with Gasteiger partial charge >= 0.3 is 5.97 Å². The van der Waals surface area contributed by atoms with Gasteiger partial charge in [-0.2, -0.15) is 5.10 Å². The summed E-state index contributed by atoms with van der Waals surface area (Å²) in [5.41, 5.74) is 2.58. The van der Waals surface area contributed by atoms with E-state index in [9.17, 15) is 9.59 Å². The highest BCUT2D eigenvalue weighted by Crippen LogP contribution is 2.27. The van der Waals surface area contributed by atoms with E-state index in [1.54, 1.807) is 61.0 Å². The highest BCUT2D eigenvalue weighted by atomic mass is 35.5. The van der Waals surface area contributed by atoms with Crippen LogP contribution in [0.25, 0.3) is 0 Å². The molecule has 0 bridgehead atoms. The summed E-state index contributed by atoms with van der Waals surface area (Å²) < 4.78 is 12.4. The van der Waals surface area contributed by atoms with Crippen molar-refractivity contribution in [2.45, 2.75) is 27.3 Å². The third-order valence-corrected chi connectivity index (χ3v) is 5.46. The molecule has 1 aromatic heterocycles. The number of amides is 1. The Hall–Kier alpha value is -3.03. The quantitative estimate of drug-likeness (QED) is 0.460. The van der Waals surface area contributed by atoms with Crippen molar-refractivity contribution < 1.29 is 19.1 Å². The Morgan fingerprint density at radius 1 is 1.06 bits per heavy atom. The van der Waals surface area contributed by atoms with Crippen molar-refractivity contribution in [1.82, 2.24) is 9.78 Å². The zero-order valence-electron chi connectivity index (χ0n) is 17.9. The van der Waals surface area contributed by atoms with Gasteiger partial charge in [-0.1, -0.05) is 41.4 Å². The number of hydrogen-bond donors (Lipinski definition) is 1. The van der Waals surface area contributed by atoms with Crippen molar-refractivity contribution in [2.24, 2.45) is 0 Å². The molecule has 32 heavy (non-hydrogen) atoms. The summed E-state index contributed by atoms with van der Waals surface area (Å²) in [6.45, 7) is 5.62. The number of esters is 1. The molecule has 0 spiro atoms. The van der Waals surface area contributed by atoms with Crippen molar-refractivity contribution in [1.29, 1.82) is 0 Å². The van der Waals surface area contributed by atoms with E-state index in [-0.39, 0.29) is 0 Å². The van der Waals surface area contributed by atoms with Gasteiger partial charge in [0.25, 0.3) is 5.91 Å². The van der Waals surface area contributed by atoms with Crippen LogP contribution in [0.4, 0.5) is 5.69 Å². The Bertz CT molecular complexity index is 1120. The third kappa shape index (κ3) is 5.41. The van der Waals surface area contributed by atoms with Gasteiger partial charge in [-0.05, 0) is 45.0 Å². The maximum absolute atomic E-state index is 12.7. The Morgan fingerprint density at radius 3 is 2.44 bits per heavy atom. The fraction of sp³-hybridized carbons (Fsp3) is 0.261. The molecule has 1 heterocycles. The topological polar surface area (TPSA) is 82.4 Å². The first kappa shape index (κ1) is 23.6. The third-order valence-electron chi connectivity index (χ3n) is 4.75. The first-order chi connectivity index (χ1) is 15.3. The molecular weight excluding hydrogens is 453 g/mol. The summed E-state index contributed by atoms with van der Waals surface area (Å²) in [7, 11) is 0. The van der Waals surface area contributed by atoms with Crippen LogP contribution in [0.3, 0.4) is 0 Å². The summed E-state index contributed by atoms with van der Waals surface area (Å²) in [4.78, 5) is 25.0. The molecule has 0 saturated heterocycles. The van der Waals surface area contributed by atoms with Crippen molar-refractivity contribution >= 4 is 40.8 Å². The first-order valence-corrected chi connectivity index (χ1v) is 10.7. The zero-order valence-corrected chi connectivity index (χ0v) is 19.5. The number of anilines is 1. The normalized spacial score (nSPS) is 10.7. The van der Waals surface area contributed by atoms with E-state index in [1.165, 1.54) is 0 Å². The van der Waals surface area contributed by atoms with Crippen molar-refractivity contribution in [3.8, 4) is 5.75 Å². The van der Waals surface area contributed by atoms with E-state index in [0.717, 1.165) is 0 Å². The molecular formula is C23H23Cl2N3O4. The van der Waals surface area contributed by atoms with Gasteiger partial charge in [-0.3, -0.25) is 9.48 Å². The Morgan fingerprint density at radius 2 is 1.75 bits per heavy atom. The van der Waals surface area contributed by atoms with Crippen LogP contribution in [0.2, 0.25) is 10.0 Å². The van der Waals surface area contributed by atoms with E-state index >= 15 is 0 Å². The number of nitrogens with one attached hydrogen (secondary N) is 1. The lowest BCUT2D eigenvalue weighted by Gasteiger charge is -2.11. The van der Waals surface area contributed by atoms with Crippen LogP contribution in [0, 0.1) is 13.8 Å². The van der Waals surface area contributed by atoms with Crippen molar-refractivity contribution in [2.75, 3.05) is 18.5 Å². The van der Waals surface area contributed by atoms with E-state index in [2.05, 4.69) is 10.4 Å². The van der Waals surface area contributed by atoms with Gasteiger partial charge in [0.1, 0.15) is 11.3 Å². The molecule has 1 amide bonds. The summed E-state index contributed by atoms with van der Waals surface area (Å²) in [5, 5.41) is 8.13. The number of aromatic nitrogens is 2. The molecule has 3 aromatic rings. The van der Waals surface area contributed by atoms with Gasteiger partial charge in [-0.15, -0.1) is 0 Å². The van der Waals surface area contributed by atoms with Crippen LogP contribution in [-0.4, -0.2) is 34.9 Å². The molecule has 0 aliphatic carbocycles. The van der Waals surface area contributed by atoms with E-state index in [1.807, 2.05) is 6.92 Å². The van der Waals surface area contributed by atoms with Crippen LogP contribution in [0.5, 0.6) is 5.75 Å². The summed E-state index contributed by atoms with van der Waals surface area (Å²) in [6, 6.07) is 12.3. The lowest BCUT2D eigenvalue weighted by atomic mass is 10.2. The maximum atomic E-state index is 12.7. The van der Waals surface area contributed by atoms with E-state index in [0.29, 0.717) is 57.1 Å². The molecule has 1 N–H and O–H groups in total. The van der Waals surface area contributed by atoms with Crippen molar-refractivity contribution in [3.05, 3.63) is 75.0 Å². The monoisotopic (exact) mass is 475 g/mol. The lowest BCUT2D eigenvalue weighted by Crippen LogP contribution is -2.21. The summed E-state index contributed by atoms with van der Waals surface area (Å²) >= 11 is 12.5. The number of benzene rings is 2. The average Bonchev–Trinajstić information content (AvgIpc) is 3.03. The van der Waals surface area contributed by atoms with Crippen LogP contribution in [0.1, 0.15) is 34.2 Å². The molecule has 0 aliphatic heterocycles. The molecule has 168 valence electrons. The second kappa shape index (κ2) is 10.5. The van der Waals surface area contributed by atoms with Crippen molar-refractivity contribution in [3.63, 3.8) is 0 Å². The van der Waals surface area contributed by atoms with E-state index < -0.39 is 18.5 Å². The molecule has 0 fully saturated rings. The zero-order chi connectivity index (χ0) is 23.3. The standard InChI is InChI=1S/C23H23Cl2N3O4/c1-4-31-20-11-6-5-10-19(20)26-21(29)13-32-23(30)22-14(2)27-28(15(22)3)12-16-17(24)8-7-9-18(16)25/h5-11H,4,12-13H2,1-3H3,(H,26,29). The number of halogens is 2. The average molecular weight is 476 g/mol. The molecule has 0 saturated carbocycles.